The molecule has 0 spiro atoms. The van der Waals surface area contributed by atoms with E-state index in [1.807, 2.05) is 12.1 Å². The monoisotopic (exact) mass is 274 g/mol. The van der Waals surface area contributed by atoms with Crippen molar-refractivity contribution in [2.45, 2.75) is 25.4 Å². The van der Waals surface area contributed by atoms with Gasteiger partial charge in [-0.25, -0.2) is 4.98 Å². The molecule has 0 unspecified atom stereocenters. The van der Waals surface area contributed by atoms with E-state index in [4.69, 9.17) is 9.72 Å². The number of fused-ring (bicyclic) bond motifs is 1. The van der Waals surface area contributed by atoms with Crippen molar-refractivity contribution in [1.82, 2.24) is 14.7 Å². The van der Waals surface area contributed by atoms with E-state index in [1.165, 1.54) is 18.5 Å². The molecule has 2 aromatic rings. The molecule has 1 aliphatic carbocycles. The number of nitrogens with one attached hydrogen (secondary N) is 1. The van der Waals surface area contributed by atoms with Crippen molar-refractivity contribution in [2.24, 2.45) is 0 Å². The number of hydrogen-bond acceptors (Lipinski definition) is 4. The first kappa shape index (κ1) is 13.4. The normalized spacial score (nSPS) is 14.9. The lowest BCUT2D eigenvalue weighted by atomic mass is 10.3. The maximum Gasteiger partial charge on any atom is 0.152 e. The molecule has 0 amide bonds. The second-order valence-electron chi connectivity index (χ2n) is 5.32. The second kappa shape index (κ2) is 5.81. The summed E-state index contributed by atoms with van der Waals surface area (Å²) in [6.45, 7) is 2.38. The standard InChI is InChI=1S/C15H22N4O/c1-18(12-6-7-12)15-13(11-16-8-10-20-2)19-9-4-3-5-14(19)17-15/h3-5,9,12,16H,6-8,10-11H2,1-2H3. The minimum absolute atomic E-state index is 0.664. The van der Waals surface area contributed by atoms with Gasteiger partial charge < -0.3 is 19.4 Å². The fraction of sp³-hybridized carbons (Fsp3) is 0.533. The van der Waals surface area contributed by atoms with Gasteiger partial charge in [0.05, 0.1) is 12.3 Å². The van der Waals surface area contributed by atoms with Crippen molar-refractivity contribution in [2.75, 3.05) is 32.2 Å². The smallest absolute Gasteiger partial charge is 0.152 e. The molecular weight excluding hydrogens is 252 g/mol. The van der Waals surface area contributed by atoms with Crippen LogP contribution in [-0.4, -0.2) is 42.7 Å². The zero-order valence-corrected chi connectivity index (χ0v) is 12.2. The Balaban J connectivity index is 1.86. The zero-order valence-electron chi connectivity index (χ0n) is 12.2. The maximum atomic E-state index is 5.08. The molecule has 0 saturated heterocycles. The molecule has 3 rings (SSSR count). The number of aromatic nitrogens is 2. The van der Waals surface area contributed by atoms with Crippen molar-refractivity contribution in [1.29, 1.82) is 0 Å². The average Bonchev–Trinajstić information content (AvgIpc) is 3.25. The summed E-state index contributed by atoms with van der Waals surface area (Å²) in [6.07, 6.45) is 4.64. The number of nitrogens with zero attached hydrogens (tertiary/aromatic N) is 3. The largest absolute Gasteiger partial charge is 0.383 e. The highest BCUT2D eigenvalue weighted by Crippen LogP contribution is 2.32. The van der Waals surface area contributed by atoms with Gasteiger partial charge in [-0.2, -0.15) is 0 Å². The summed E-state index contributed by atoms with van der Waals surface area (Å²) in [7, 11) is 3.88. The first-order valence-electron chi connectivity index (χ1n) is 7.19. The lowest BCUT2D eigenvalue weighted by Gasteiger charge is -2.17. The molecule has 0 bridgehead atoms. The van der Waals surface area contributed by atoms with Gasteiger partial charge in [-0.15, -0.1) is 0 Å². The van der Waals surface area contributed by atoms with E-state index in [0.717, 1.165) is 31.2 Å². The van der Waals surface area contributed by atoms with Gasteiger partial charge in [0, 0.05) is 39.5 Å². The first-order valence-corrected chi connectivity index (χ1v) is 7.19. The van der Waals surface area contributed by atoms with E-state index < -0.39 is 0 Å². The van der Waals surface area contributed by atoms with Crippen molar-refractivity contribution < 1.29 is 4.74 Å². The van der Waals surface area contributed by atoms with Crippen molar-refractivity contribution in [3.05, 3.63) is 30.1 Å². The van der Waals surface area contributed by atoms with Crippen LogP contribution >= 0.6 is 0 Å². The SMILES string of the molecule is COCCNCc1c(N(C)C2CC2)nc2ccccn12. The Kier molecular flexibility index (Phi) is 3.89. The molecule has 1 saturated carbocycles. The Bertz CT molecular complexity index is 576. The molecular formula is C15H22N4O. The van der Waals surface area contributed by atoms with Gasteiger partial charge >= 0.3 is 0 Å². The summed E-state index contributed by atoms with van der Waals surface area (Å²) in [5, 5.41) is 3.42. The van der Waals surface area contributed by atoms with Gasteiger partial charge in [-0.05, 0) is 25.0 Å². The summed E-state index contributed by atoms with van der Waals surface area (Å²) >= 11 is 0. The first-order chi connectivity index (χ1) is 9.81. The summed E-state index contributed by atoms with van der Waals surface area (Å²) in [5.41, 5.74) is 2.24. The lowest BCUT2D eigenvalue weighted by molar-refractivity contribution is 0.199. The van der Waals surface area contributed by atoms with Crippen LogP contribution in [-0.2, 0) is 11.3 Å². The van der Waals surface area contributed by atoms with Crippen LogP contribution in [0.2, 0.25) is 0 Å². The zero-order chi connectivity index (χ0) is 13.9. The molecule has 0 aliphatic heterocycles. The quantitative estimate of drug-likeness (QED) is 0.780. The molecule has 1 aliphatic rings. The summed E-state index contributed by atoms with van der Waals surface area (Å²) in [6, 6.07) is 6.81. The fourth-order valence-electron chi connectivity index (χ4n) is 2.50. The van der Waals surface area contributed by atoms with Gasteiger partial charge in [-0.1, -0.05) is 6.07 Å². The van der Waals surface area contributed by atoms with Crippen LogP contribution in [0.1, 0.15) is 18.5 Å². The predicted molar refractivity (Wildman–Crippen MR) is 80.2 cm³/mol. The van der Waals surface area contributed by atoms with E-state index in [2.05, 4.69) is 33.9 Å². The number of methoxy groups -OCH3 is 1. The molecule has 5 nitrogen and oxygen atoms in total. The molecule has 5 heteroatoms. The Hall–Kier alpha value is -1.59. The highest BCUT2D eigenvalue weighted by atomic mass is 16.5. The third-order valence-corrected chi connectivity index (χ3v) is 3.81. The predicted octanol–water partition coefficient (Wildman–Crippen LogP) is 1.67. The summed E-state index contributed by atoms with van der Waals surface area (Å²) in [5.74, 6) is 1.10. The average molecular weight is 274 g/mol. The van der Waals surface area contributed by atoms with Gasteiger partial charge in [0.2, 0.25) is 0 Å². The van der Waals surface area contributed by atoms with Crippen LogP contribution < -0.4 is 10.2 Å². The Morgan fingerprint density at radius 1 is 1.45 bits per heavy atom. The molecule has 2 aromatic heterocycles. The molecule has 0 radical (unpaired) electrons. The molecule has 108 valence electrons. The summed E-state index contributed by atoms with van der Waals surface area (Å²) < 4.78 is 7.25. The van der Waals surface area contributed by atoms with Gasteiger partial charge in [0.15, 0.2) is 5.82 Å². The highest BCUT2D eigenvalue weighted by molar-refractivity contribution is 5.56. The Morgan fingerprint density at radius 3 is 3.05 bits per heavy atom. The number of imidazole rings is 1. The molecule has 0 atom stereocenters. The molecule has 1 fully saturated rings. The minimum Gasteiger partial charge on any atom is -0.383 e. The molecule has 1 N–H and O–H groups in total. The number of pyridine rings is 1. The topological polar surface area (TPSA) is 41.8 Å². The molecule has 0 aromatic carbocycles. The van der Waals surface area contributed by atoms with Crippen LogP contribution in [0.25, 0.3) is 5.65 Å². The van der Waals surface area contributed by atoms with Gasteiger partial charge in [-0.3, -0.25) is 0 Å². The lowest BCUT2D eigenvalue weighted by Crippen LogP contribution is -2.24. The van der Waals surface area contributed by atoms with Crippen LogP contribution in [0, 0.1) is 0 Å². The van der Waals surface area contributed by atoms with Crippen LogP contribution in [0.5, 0.6) is 0 Å². The Labute approximate surface area is 119 Å². The summed E-state index contributed by atoms with van der Waals surface area (Å²) in [4.78, 5) is 7.11. The fourth-order valence-corrected chi connectivity index (χ4v) is 2.50. The van der Waals surface area contributed by atoms with Crippen molar-refractivity contribution in [3.8, 4) is 0 Å². The van der Waals surface area contributed by atoms with E-state index >= 15 is 0 Å². The number of ether oxygens (including phenoxy) is 1. The van der Waals surface area contributed by atoms with Crippen LogP contribution in [0.3, 0.4) is 0 Å². The third kappa shape index (κ3) is 2.64. The van der Waals surface area contributed by atoms with E-state index in [1.54, 1.807) is 7.11 Å². The Morgan fingerprint density at radius 2 is 2.30 bits per heavy atom. The van der Waals surface area contributed by atoms with Gasteiger partial charge in [0.25, 0.3) is 0 Å². The third-order valence-electron chi connectivity index (χ3n) is 3.81. The van der Waals surface area contributed by atoms with Crippen LogP contribution in [0.4, 0.5) is 5.82 Å². The van der Waals surface area contributed by atoms with Crippen molar-refractivity contribution >= 4 is 11.5 Å². The maximum absolute atomic E-state index is 5.08. The minimum atomic E-state index is 0.664. The number of hydrogen-bond donors (Lipinski definition) is 1. The molecule has 20 heavy (non-hydrogen) atoms. The number of anilines is 1. The van der Waals surface area contributed by atoms with Crippen LogP contribution in [0.15, 0.2) is 24.4 Å². The number of rotatable bonds is 7. The van der Waals surface area contributed by atoms with Crippen molar-refractivity contribution in [3.63, 3.8) is 0 Å². The van der Waals surface area contributed by atoms with E-state index in [-0.39, 0.29) is 0 Å². The van der Waals surface area contributed by atoms with E-state index in [0.29, 0.717) is 6.04 Å². The highest BCUT2D eigenvalue weighted by Gasteiger charge is 2.29. The second-order valence-corrected chi connectivity index (χ2v) is 5.32. The molecule has 2 heterocycles. The van der Waals surface area contributed by atoms with E-state index in [9.17, 15) is 0 Å². The van der Waals surface area contributed by atoms with Gasteiger partial charge in [0.1, 0.15) is 5.65 Å².